The Morgan fingerprint density at radius 2 is 2.37 bits per heavy atom. The van der Waals surface area contributed by atoms with Crippen molar-refractivity contribution in [3.63, 3.8) is 0 Å². The van der Waals surface area contributed by atoms with Crippen molar-refractivity contribution in [1.29, 1.82) is 0 Å². The predicted molar refractivity (Wildman–Crippen MR) is 69.6 cm³/mol. The Hall–Kier alpha value is -2.64. The molecule has 2 aromatic rings. The monoisotopic (exact) mass is 263 g/mol. The van der Waals surface area contributed by atoms with Gasteiger partial charge in [0, 0.05) is 24.6 Å². The Morgan fingerprint density at radius 3 is 3.00 bits per heavy atom. The first-order valence-electron chi connectivity index (χ1n) is 5.64. The van der Waals surface area contributed by atoms with Crippen LogP contribution in [0.5, 0.6) is 0 Å². The van der Waals surface area contributed by atoms with Gasteiger partial charge in [0.05, 0.1) is 16.0 Å². The van der Waals surface area contributed by atoms with Gasteiger partial charge >= 0.3 is 0 Å². The van der Waals surface area contributed by atoms with Crippen molar-refractivity contribution < 1.29 is 9.72 Å². The minimum Gasteiger partial charge on any atom is -0.370 e. The minimum atomic E-state index is -0.469. The summed E-state index contributed by atoms with van der Waals surface area (Å²) in [6.45, 7) is 1.79. The fourth-order valence-corrected chi connectivity index (χ4v) is 1.77. The lowest BCUT2D eigenvalue weighted by molar-refractivity contribution is -0.384. The quantitative estimate of drug-likeness (QED) is 0.550. The van der Waals surface area contributed by atoms with Crippen LogP contribution in [0.1, 0.15) is 13.3 Å². The van der Waals surface area contributed by atoms with Gasteiger partial charge in [-0.2, -0.15) is 0 Å². The molecule has 8 nitrogen and oxygen atoms in total. The molecular weight excluding hydrogens is 250 g/mol. The number of anilines is 1. The third-order valence-electron chi connectivity index (χ3n) is 2.57. The van der Waals surface area contributed by atoms with Crippen LogP contribution in [0.3, 0.4) is 0 Å². The second-order valence-electron chi connectivity index (χ2n) is 4.26. The molecule has 1 amide bonds. The number of fused-ring (bicyclic) bond motifs is 1. The highest BCUT2D eigenvalue weighted by atomic mass is 16.6. The van der Waals surface area contributed by atoms with E-state index in [1.807, 2.05) is 0 Å². The molecule has 1 aromatic carbocycles. The average molecular weight is 263 g/mol. The lowest BCUT2D eigenvalue weighted by atomic mass is 10.2. The number of nitrogens with two attached hydrogens (primary N) is 1. The Labute approximate surface area is 108 Å². The molecule has 2 rings (SSSR count). The van der Waals surface area contributed by atoms with Gasteiger partial charge < -0.3 is 16.0 Å². The molecule has 0 radical (unpaired) electrons. The third kappa shape index (κ3) is 2.97. The number of carbonyl (C=O) groups is 1. The van der Waals surface area contributed by atoms with Crippen LogP contribution in [0.25, 0.3) is 11.0 Å². The standard InChI is InChI=1S/C11H13N5O3/c1-6(4-10(12)17)13-11-14-8-3-2-7(16(18)19)5-9(8)15-11/h2-3,5-6H,4H2,1H3,(H2,12,17)(H2,13,14,15). The number of benzene rings is 1. The zero-order chi connectivity index (χ0) is 14.0. The maximum absolute atomic E-state index is 10.8. The largest absolute Gasteiger partial charge is 0.370 e. The zero-order valence-electron chi connectivity index (χ0n) is 10.2. The normalized spacial score (nSPS) is 12.3. The van der Waals surface area contributed by atoms with Crippen molar-refractivity contribution in [3.8, 4) is 0 Å². The number of aromatic amines is 1. The second kappa shape index (κ2) is 4.92. The van der Waals surface area contributed by atoms with Crippen molar-refractivity contribution in [2.75, 3.05) is 5.32 Å². The van der Waals surface area contributed by atoms with Crippen LogP contribution in [-0.2, 0) is 4.79 Å². The lowest BCUT2D eigenvalue weighted by Crippen LogP contribution is -2.24. The van der Waals surface area contributed by atoms with Crippen LogP contribution in [0.4, 0.5) is 11.6 Å². The number of hydrogen-bond donors (Lipinski definition) is 3. The summed E-state index contributed by atoms with van der Waals surface area (Å²) < 4.78 is 0. The number of amides is 1. The SMILES string of the molecule is CC(CC(N)=O)Nc1nc2ccc([N+](=O)[O-])cc2[nH]1. The minimum absolute atomic E-state index is 0.00659. The summed E-state index contributed by atoms with van der Waals surface area (Å²) in [6.07, 6.45) is 0.178. The van der Waals surface area contributed by atoms with Gasteiger partial charge in [0.2, 0.25) is 11.9 Å². The molecule has 4 N–H and O–H groups in total. The van der Waals surface area contributed by atoms with Crippen molar-refractivity contribution >= 4 is 28.6 Å². The highest BCUT2D eigenvalue weighted by Crippen LogP contribution is 2.20. The number of nitro benzene ring substituents is 1. The van der Waals surface area contributed by atoms with E-state index >= 15 is 0 Å². The van der Waals surface area contributed by atoms with E-state index in [9.17, 15) is 14.9 Å². The van der Waals surface area contributed by atoms with E-state index in [0.29, 0.717) is 17.0 Å². The van der Waals surface area contributed by atoms with E-state index in [1.165, 1.54) is 12.1 Å². The second-order valence-corrected chi connectivity index (χ2v) is 4.26. The Bertz CT molecular complexity index is 636. The summed E-state index contributed by atoms with van der Waals surface area (Å²) in [5.74, 6) is 0.0380. The lowest BCUT2D eigenvalue weighted by Gasteiger charge is -2.09. The van der Waals surface area contributed by atoms with E-state index in [0.717, 1.165) is 0 Å². The van der Waals surface area contributed by atoms with Gasteiger partial charge in [-0.1, -0.05) is 0 Å². The molecule has 1 heterocycles. The fraction of sp³-hybridized carbons (Fsp3) is 0.273. The smallest absolute Gasteiger partial charge is 0.271 e. The molecular formula is C11H13N5O3. The van der Waals surface area contributed by atoms with E-state index < -0.39 is 10.8 Å². The number of primary amides is 1. The van der Waals surface area contributed by atoms with Gasteiger partial charge in [-0.05, 0) is 13.0 Å². The van der Waals surface area contributed by atoms with Crippen LogP contribution < -0.4 is 11.1 Å². The van der Waals surface area contributed by atoms with Gasteiger partial charge in [-0.15, -0.1) is 0 Å². The molecule has 0 aliphatic carbocycles. The summed E-state index contributed by atoms with van der Waals surface area (Å²) >= 11 is 0. The molecule has 100 valence electrons. The number of carbonyl (C=O) groups excluding carboxylic acids is 1. The highest BCUT2D eigenvalue weighted by Gasteiger charge is 2.11. The number of aromatic nitrogens is 2. The molecule has 0 aliphatic rings. The van der Waals surface area contributed by atoms with Gasteiger partial charge in [0.15, 0.2) is 0 Å². The molecule has 0 saturated carbocycles. The molecule has 0 bridgehead atoms. The van der Waals surface area contributed by atoms with Gasteiger partial charge in [-0.3, -0.25) is 14.9 Å². The molecule has 0 spiro atoms. The van der Waals surface area contributed by atoms with Crippen molar-refractivity contribution in [2.24, 2.45) is 5.73 Å². The number of nitro groups is 1. The van der Waals surface area contributed by atoms with E-state index in [1.54, 1.807) is 13.0 Å². The fourth-order valence-electron chi connectivity index (χ4n) is 1.77. The number of hydrogen-bond acceptors (Lipinski definition) is 5. The van der Waals surface area contributed by atoms with Gasteiger partial charge in [-0.25, -0.2) is 4.98 Å². The van der Waals surface area contributed by atoms with E-state index in [-0.39, 0.29) is 18.2 Å². The van der Waals surface area contributed by atoms with Crippen molar-refractivity contribution in [2.45, 2.75) is 19.4 Å². The number of imidazole rings is 1. The van der Waals surface area contributed by atoms with Crippen LogP contribution in [0.2, 0.25) is 0 Å². The maximum atomic E-state index is 10.8. The molecule has 1 unspecified atom stereocenters. The Balaban J connectivity index is 2.21. The molecule has 1 aromatic heterocycles. The van der Waals surface area contributed by atoms with Crippen LogP contribution >= 0.6 is 0 Å². The summed E-state index contributed by atoms with van der Waals surface area (Å²) in [5.41, 5.74) is 6.25. The van der Waals surface area contributed by atoms with E-state index in [4.69, 9.17) is 5.73 Å². The Kier molecular flexibility index (Phi) is 3.32. The number of rotatable bonds is 5. The number of nitrogens with one attached hydrogen (secondary N) is 2. The van der Waals surface area contributed by atoms with E-state index in [2.05, 4.69) is 15.3 Å². The first-order chi connectivity index (χ1) is 8.95. The average Bonchev–Trinajstić information content (AvgIpc) is 2.68. The summed E-state index contributed by atoms with van der Waals surface area (Å²) in [4.78, 5) is 28.1. The van der Waals surface area contributed by atoms with Crippen molar-refractivity contribution in [3.05, 3.63) is 28.3 Å². The highest BCUT2D eigenvalue weighted by molar-refractivity contribution is 5.80. The summed E-state index contributed by atoms with van der Waals surface area (Å²) in [7, 11) is 0. The molecule has 8 heteroatoms. The Morgan fingerprint density at radius 1 is 1.63 bits per heavy atom. The first kappa shape index (κ1) is 12.8. The van der Waals surface area contributed by atoms with Crippen molar-refractivity contribution in [1.82, 2.24) is 9.97 Å². The van der Waals surface area contributed by atoms with Crippen LogP contribution in [0.15, 0.2) is 18.2 Å². The molecule has 0 aliphatic heterocycles. The van der Waals surface area contributed by atoms with Gasteiger partial charge in [0.1, 0.15) is 0 Å². The molecule has 0 saturated heterocycles. The number of nitrogens with zero attached hydrogens (tertiary/aromatic N) is 2. The predicted octanol–water partition coefficient (Wildman–Crippen LogP) is 1.15. The zero-order valence-corrected chi connectivity index (χ0v) is 10.2. The maximum Gasteiger partial charge on any atom is 0.271 e. The molecule has 19 heavy (non-hydrogen) atoms. The van der Waals surface area contributed by atoms with Gasteiger partial charge in [0.25, 0.3) is 5.69 Å². The molecule has 1 atom stereocenters. The number of H-pyrrole nitrogens is 1. The topological polar surface area (TPSA) is 127 Å². The third-order valence-corrected chi connectivity index (χ3v) is 2.57. The summed E-state index contributed by atoms with van der Waals surface area (Å²) in [5, 5.41) is 13.6. The van der Waals surface area contributed by atoms with Crippen LogP contribution in [-0.4, -0.2) is 26.8 Å². The summed E-state index contributed by atoms with van der Waals surface area (Å²) in [6, 6.07) is 4.19. The number of non-ortho nitro benzene ring substituents is 1. The first-order valence-corrected chi connectivity index (χ1v) is 5.64. The van der Waals surface area contributed by atoms with Crippen LogP contribution in [0, 0.1) is 10.1 Å². The molecule has 0 fully saturated rings.